The largest absolute Gasteiger partial charge is 0.457 e. The van der Waals surface area contributed by atoms with Crippen LogP contribution in [0.5, 0.6) is 11.5 Å². The summed E-state index contributed by atoms with van der Waals surface area (Å²) in [5.74, 6) is 0.967. The van der Waals surface area contributed by atoms with E-state index in [2.05, 4.69) is 189 Å². The van der Waals surface area contributed by atoms with E-state index in [1.54, 1.807) is 0 Å². The normalized spacial score (nSPS) is 12.8. The average molecular weight is 907 g/mol. The average Bonchev–Trinajstić information content (AvgIpc) is 3.89. The van der Waals surface area contributed by atoms with E-state index in [0.717, 1.165) is 84.3 Å². The number of para-hydroxylation sites is 4. The van der Waals surface area contributed by atoms with Gasteiger partial charge in [0.25, 0.3) is 0 Å². The molecule has 0 unspecified atom stereocenters. The minimum absolute atomic E-state index is 0.0553. The summed E-state index contributed by atoms with van der Waals surface area (Å²) in [6.45, 7) is 13.8. The van der Waals surface area contributed by atoms with Crippen LogP contribution >= 0.6 is 0 Å². The Bertz CT molecular complexity index is 3560. The van der Waals surface area contributed by atoms with Crippen molar-refractivity contribution < 1.29 is 13.5 Å². The molecule has 1 aliphatic rings. The first-order valence-electron chi connectivity index (χ1n) is 23.5. The third-order valence-corrected chi connectivity index (χ3v) is 13.3. The van der Waals surface area contributed by atoms with Gasteiger partial charge in [-0.05, 0) is 111 Å². The molecule has 0 radical (unpaired) electrons. The maximum atomic E-state index is 15.0. The minimum Gasteiger partial charge on any atom is -0.457 e. The Labute approximate surface area is 402 Å². The Morgan fingerprint density at radius 3 is 1.87 bits per heavy atom. The van der Waals surface area contributed by atoms with Crippen molar-refractivity contribution in [2.45, 2.75) is 52.4 Å². The van der Waals surface area contributed by atoms with Gasteiger partial charge < -0.3 is 14.5 Å². The molecule has 11 rings (SSSR count). The van der Waals surface area contributed by atoms with Crippen LogP contribution < -0.4 is 14.5 Å². The lowest BCUT2D eigenvalue weighted by atomic mass is 9.82. The van der Waals surface area contributed by atoms with Gasteiger partial charge >= 0.3 is 0 Å². The maximum absolute atomic E-state index is 15.0. The second kappa shape index (κ2) is 16.9. The molecule has 69 heavy (non-hydrogen) atoms. The zero-order valence-electron chi connectivity index (χ0n) is 39.6. The second-order valence-electron chi connectivity index (χ2n) is 20.0. The predicted octanol–water partition coefficient (Wildman–Crippen LogP) is 17.1. The molecule has 0 saturated heterocycles. The van der Waals surface area contributed by atoms with E-state index in [0.29, 0.717) is 23.7 Å². The molecule has 3 heterocycles. The van der Waals surface area contributed by atoms with Crippen molar-refractivity contribution in [1.82, 2.24) is 9.55 Å². The lowest BCUT2D eigenvalue weighted by Gasteiger charge is -2.28. The maximum Gasteiger partial charge on any atom is 0.137 e. The van der Waals surface area contributed by atoms with Crippen molar-refractivity contribution in [1.29, 1.82) is 0 Å². The van der Waals surface area contributed by atoms with Crippen molar-refractivity contribution in [3.8, 4) is 50.7 Å². The van der Waals surface area contributed by atoms with Crippen molar-refractivity contribution in [3.63, 3.8) is 0 Å². The van der Waals surface area contributed by atoms with Gasteiger partial charge in [0.15, 0.2) is 0 Å². The second-order valence-corrected chi connectivity index (χ2v) is 20.0. The fourth-order valence-corrected chi connectivity index (χ4v) is 10.00. The van der Waals surface area contributed by atoms with Crippen LogP contribution in [0.15, 0.2) is 194 Å². The lowest BCUT2D eigenvalue weighted by molar-refractivity contribution is 0.483. The molecule has 0 bridgehead atoms. The molecule has 0 aliphatic carbocycles. The van der Waals surface area contributed by atoms with Gasteiger partial charge in [-0.25, -0.2) is 13.8 Å². The first kappa shape index (κ1) is 43.5. The first-order chi connectivity index (χ1) is 33.3. The van der Waals surface area contributed by atoms with Crippen molar-refractivity contribution in [3.05, 3.63) is 217 Å². The molecule has 0 saturated carbocycles. The number of hydrogen-bond donors (Lipinski definition) is 0. The minimum atomic E-state index is -0.628. The monoisotopic (exact) mass is 906 g/mol. The van der Waals surface area contributed by atoms with Gasteiger partial charge in [-0.1, -0.05) is 145 Å². The van der Waals surface area contributed by atoms with E-state index in [1.165, 1.54) is 23.3 Å². The van der Waals surface area contributed by atoms with Crippen molar-refractivity contribution >= 4 is 44.6 Å². The Kier molecular flexibility index (Phi) is 10.7. The van der Waals surface area contributed by atoms with Gasteiger partial charge in [-0.15, -0.1) is 0 Å². The van der Waals surface area contributed by atoms with Crippen LogP contribution in [0.4, 0.5) is 31.5 Å². The van der Waals surface area contributed by atoms with Crippen LogP contribution in [-0.2, 0) is 10.8 Å². The van der Waals surface area contributed by atoms with Crippen LogP contribution in [0, 0.1) is 11.6 Å². The fraction of sp³-hybridized carbons (Fsp3) is 0.145. The van der Waals surface area contributed by atoms with E-state index >= 15 is 8.78 Å². The molecule has 7 heteroatoms. The summed E-state index contributed by atoms with van der Waals surface area (Å²) in [4.78, 5) is 9.49. The highest BCUT2D eigenvalue weighted by Gasteiger charge is 2.32. The molecule has 0 spiro atoms. The SMILES string of the molecule is CC(C)(C)c1ccnc(-n2c3ccccc3c3ccc(Oc4cc(-c5ccccc5C(C)(C)C)cc(N5CN(c6c(-c7ccccc7)cccc6-c6cc(F)cc(F)c6)c6ccccc65)c4)cc32)c1. The number of pyridine rings is 1. The van der Waals surface area contributed by atoms with Gasteiger partial charge in [0.1, 0.15) is 35.6 Å². The van der Waals surface area contributed by atoms with E-state index in [9.17, 15) is 0 Å². The molecule has 10 aromatic rings. The van der Waals surface area contributed by atoms with Crippen LogP contribution in [0.2, 0.25) is 0 Å². The number of aromatic nitrogens is 2. The number of nitrogens with zero attached hydrogens (tertiary/aromatic N) is 4. The Morgan fingerprint density at radius 1 is 0.478 bits per heavy atom. The molecular formula is C62H52F2N4O. The zero-order chi connectivity index (χ0) is 47.6. The molecule has 0 amide bonds. The Morgan fingerprint density at radius 2 is 1.12 bits per heavy atom. The van der Waals surface area contributed by atoms with Crippen molar-refractivity contribution in [2.24, 2.45) is 0 Å². The van der Waals surface area contributed by atoms with Gasteiger partial charge in [-0.3, -0.25) is 4.57 Å². The number of benzene rings is 8. The molecule has 1 aliphatic heterocycles. The molecule has 0 fully saturated rings. The van der Waals surface area contributed by atoms with E-state index in [1.807, 2.05) is 42.6 Å². The molecule has 5 nitrogen and oxygen atoms in total. The summed E-state index contributed by atoms with van der Waals surface area (Å²) < 4.78 is 39.4. The molecular weight excluding hydrogens is 855 g/mol. The number of halogens is 2. The first-order valence-corrected chi connectivity index (χ1v) is 23.5. The highest BCUT2D eigenvalue weighted by atomic mass is 19.1. The third kappa shape index (κ3) is 8.08. The summed E-state index contributed by atoms with van der Waals surface area (Å²) in [5.41, 5.74) is 13.3. The standard InChI is InChI=1S/C62H52F2N4O/c1-61(2,3)43-29-30-65-59(35-43)68-55-24-13-11-20-52(55)53-28-27-47(38-58(53)68)69-48-34-42(49-19-10-12-23-54(49)62(4,5)6)33-46(37-48)66-39-67(57-26-15-14-25-56(57)66)60-50(40-17-8-7-9-18-40)21-16-22-51(60)41-31-44(63)36-45(64)32-41/h7-38H,39H2,1-6H3. The topological polar surface area (TPSA) is 33.5 Å². The number of rotatable bonds is 8. The molecule has 340 valence electrons. The summed E-state index contributed by atoms with van der Waals surface area (Å²) in [6, 6.07) is 62.4. The van der Waals surface area contributed by atoms with Gasteiger partial charge in [0.05, 0.1) is 28.1 Å². The third-order valence-electron chi connectivity index (χ3n) is 13.3. The van der Waals surface area contributed by atoms with Gasteiger partial charge in [-0.2, -0.15) is 0 Å². The van der Waals surface area contributed by atoms with E-state index in [4.69, 9.17) is 9.72 Å². The molecule has 0 atom stereocenters. The quantitative estimate of drug-likeness (QED) is 0.152. The molecule has 8 aromatic carbocycles. The summed E-state index contributed by atoms with van der Waals surface area (Å²) in [6.07, 6.45) is 1.90. The van der Waals surface area contributed by atoms with Crippen LogP contribution in [0.3, 0.4) is 0 Å². The van der Waals surface area contributed by atoms with Crippen LogP contribution in [0.25, 0.3) is 61.0 Å². The molecule has 2 aromatic heterocycles. The summed E-state index contributed by atoms with van der Waals surface area (Å²) in [7, 11) is 0. The van der Waals surface area contributed by atoms with E-state index in [-0.39, 0.29) is 10.8 Å². The fourth-order valence-electron chi connectivity index (χ4n) is 10.00. The van der Waals surface area contributed by atoms with E-state index < -0.39 is 11.6 Å². The number of fused-ring (bicyclic) bond motifs is 4. The number of ether oxygens (including phenoxy) is 1. The highest BCUT2D eigenvalue weighted by molar-refractivity contribution is 6.09. The van der Waals surface area contributed by atoms with Gasteiger partial charge in [0, 0.05) is 52.0 Å². The smallest absolute Gasteiger partial charge is 0.137 e. The lowest BCUT2D eigenvalue weighted by Crippen LogP contribution is -2.25. The Hall–Kier alpha value is -8.03. The number of hydrogen-bond acceptors (Lipinski definition) is 4. The number of anilines is 4. The van der Waals surface area contributed by atoms with Crippen LogP contribution in [-0.4, -0.2) is 16.2 Å². The van der Waals surface area contributed by atoms with Crippen molar-refractivity contribution in [2.75, 3.05) is 16.5 Å². The van der Waals surface area contributed by atoms with Crippen LogP contribution in [0.1, 0.15) is 52.7 Å². The van der Waals surface area contributed by atoms with Gasteiger partial charge in [0.2, 0.25) is 0 Å². The summed E-state index contributed by atoms with van der Waals surface area (Å²) >= 11 is 0. The predicted molar refractivity (Wildman–Crippen MR) is 281 cm³/mol. The Balaban J connectivity index is 1.08. The highest BCUT2D eigenvalue weighted by Crippen LogP contribution is 2.51. The zero-order valence-corrected chi connectivity index (χ0v) is 39.6. The molecule has 0 N–H and O–H groups in total. The summed E-state index contributed by atoms with van der Waals surface area (Å²) in [5, 5.41) is 2.25.